The number of hydrogen-bond donors (Lipinski definition) is 0. The minimum Gasteiger partial charge on any atom is -0.460 e. The fraction of sp³-hybridized carbons (Fsp3) is 0.923. The van der Waals surface area contributed by atoms with Crippen LogP contribution in [0.5, 0.6) is 0 Å². The van der Waals surface area contributed by atoms with E-state index in [0.29, 0.717) is 0 Å². The molecule has 4 nitrogen and oxygen atoms in total. The van der Waals surface area contributed by atoms with Crippen molar-refractivity contribution in [2.75, 3.05) is 0 Å². The van der Waals surface area contributed by atoms with Gasteiger partial charge in [-0.1, -0.05) is 0 Å². The highest BCUT2D eigenvalue weighted by atomic mass is 16.7. The average molecular weight is 246 g/mol. The zero-order valence-electron chi connectivity index (χ0n) is 12.1. The number of esters is 1. The van der Waals surface area contributed by atoms with Crippen LogP contribution in [-0.4, -0.2) is 30.1 Å². The Labute approximate surface area is 105 Å². The second-order valence-corrected chi connectivity index (χ2v) is 5.59. The number of rotatable bonds is 6. The summed E-state index contributed by atoms with van der Waals surface area (Å²) in [6, 6.07) is 0. The second kappa shape index (κ2) is 6.97. The van der Waals surface area contributed by atoms with Gasteiger partial charge >= 0.3 is 5.97 Å². The molecule has 17 heavy (non-hydrogen) atoms. The molecule has 0 aliphatic carbocycles. The Morgan fingerprint density at radius 1 is 1.00 bits per heavy atom. The van der Waals surface area contributed by atoms with Gasteiger partial charge in [0.05, 0.1) is 18.6 Å². The lowest BCUT2D eigenvalue weighted by atomic mass is 10.2. The zero-order valence-corrected chi connectivity index (χ0v) is 12.1. The van der Waals surface area contributed by atoms with Gasteiger partial charge in [-0.3, -0.25) is 4.79 Å². The van der Waals surface area contributed by atoms with Gasteiger partial charge in [0.1, 0.15) is 5.60 Å². The van der Waals surface area contributed by atoms with Gasteiger partial charge < -0.3 is 14.2 Å². The fourth-order valence-corrected chi connectivity index (χ4v) is 1.25. The maximum Gasteiger partial charge on any atom is 0.311 e. The van der Waals surface area contributed by atoms with Crippen molar-refractivity contribution < 1.29 is 19.0 Å². The monoisotopic (exact) mass is 246 g/mol. The van der Waals surface area contributed by atoms with Crippen LogP contribution in [0.2, 0.25) is 0 Å². The van der Waals surface area contributed by atoms with Crippen molar-refractivity contribution in [1.29, 1.82) is 0 Å². The third-order valence-corrected chi connectivity index (χ3v) is 1.60. The molecular weight excluding hydrogens is 220 g/mol. The van der Waals surface area contributed by atoms with E-state index < -0.39 is 11.9 Å². The minimum atomic E-state index is -0.537. The number of carbonyl (C=O) groups excluding carboxylic acids is 1. The van der Waals surface area contributed by atoms with Gasteiger partial charge in [-0.2, -0.15) is 0 Å². The molecule has 0 radical (unpaired) electrons. The molecule has 0 amide bonds. The topological polar surface area (TPSA) is 44.8 Å². The molecule has 0 atom stereocenters. The third kappa shape index (κ3) is 10.3. The fourth-order valence-electron chi connectivity index (χ4n) is 1.25. The Bertz CT molecular complexity index is 218. The lowest BCUT2D eigenvalue weighted by Crippen LogP contribution is -2.31. The van der Waals surface area contributed by atoms with Crippen LogP contribution < -0.4 is 0 Å². The number of hydrogen-bond acceptors (Lipinski definition) is 4. The number of ether oxygens (including phenoxy) is 3. The highest BCUT2D eigenvalue weighted by Gasteiger charge is 2.22. The van der Waals surface area contributed by atoms with E-state index >= 15 is 0 Å². The highest BCUT2D eigenvalue weighted by molar-refractivity contribution is 5.70. The molecule has 4 heteroatoms. The molecule has 0 rings (SSSR count). The second-order valence-electron chi connectivity index (χ2n) is 5.59. The Kier molecular flexibility index (Phi) is 6.72. The zero-order chi connectivity index (χ0) is 13.6. The molecule has 102 valence electrons. The van der Waals surface area contributed by atoms with Crippen molar-refractivity contribution in [2.24, 2.45) is 0 Å². The SMILES string of the molecule is CC(C)OC(CC(=O)OC(C)(C)C)OC(C)C. The molecule has 0 aromatic carbocycles. The molecule has 0 heterocycles. The summed E-state index contributed by atoms with van der Waals surface area (Å²) in [7, 11) is 0. The predicted molar refractivity (Wildman–Crippen MR) is 66.7 cm³/mol. The van der Waals surface area contributed by atoms with Gasteiger partial charge in [0.2, 0.25) is 0 Å². The van der Waals surface area contributed by atoms with Crippen LogP contribution in [0.25, 0.3) is 0 Å². The maximum absolute atomic E-state index is 11.6. The molecule has 0 unspecified atom stereocenters. The molecule has 0 saturated carbocycles. The molecule has 0 aliphatic rings. The molecule has 0 spiro atoms. The van der Waals surface area contributed by atoms with E-state index in [9.17, 15) is 4.79 Å². The lowest BCUT2D eigenvalue weighted by Gasteiger charge is -2.25. The van der Waals surface area contributed by atoms with Crippen molar-refractivity contribution in [2.45, 2.75) is 79.0 Å². The van der Waals surface area contributed by atoms with E-state index in [4.69, 9.17) is 14.2 Å². The highest BCUT2D eigenvalue weighted by Crippen LogP contribution is 2.13. The quantitative estimate of drug-likeness (QED) is 0.534. The first kappa shape index (κ1) is 16.4. The molecule has 0 aromatic heterocycles. The van der Waals surface area contributed by atoms with Gasteiger partial charge in [0.15, 0.2) is 6.29 Å². The molecular formula is C13H26O4. The van der Waals surface area contributed by atoms with Crippen molar-refractivity contribution in [3.63, 3.8) is 0 Å². The first-order valence-corrected chi connectivity index (χ1v) is 6.13. The van der Waals surface area contributed by atoms with E-state index in [1.807, 2.05) is 48.5 Å². The summed E-state index contributed by atoms with van der Waals surface area (Å²) in [6.07, 6.45) is -0.389. The number of carbonyl (C=O) groups is 1. The predicted octanol–water partition coefficient (Wildman–Crippen LogP) is 2.89. The van der Waals surface area contributed by atoms with Crippen molar-refractivity contribution in [1.82, 2.24) is 0 Å². The van der Waals surface area contributed by atoms with Crippen LogP contribution in [0.15, 0.2) is 0 Å². The lowest BCUT2D eigenvalue weighted by molar-refractivity contribution is -0.197. The summed E-state index contributed by atoms with van der Waals surface area (Å²) in [5.41, 5.74) is -0.475. The van der Waals surface area contributed by atoms with Crippen LogP contribution in [0.1, 0.15) is 54.9 Å². The van der Waals surface area contributed by atoms with E-state index in [0.717, 1.165) is 0 Å². The Hall–Kier alpha value is -0.610. The molecule has 0 fully saturated rings. The first-order chi connectivity index (χ1) is 7.60. The molecule has 0 aromatic rings. The van der Waals surface area contributed by atoms with Gasteiger partial charge in [0.25, 0.3) is 0 Å². The largest absolute Gasteiger partial charge is 0.460 e. The van der Waals surface area contributed by atoms with E-state index in [2.05, 4.69) is 0 Å². The average Bonchev–Trinajstić information content (AvgIpc) is 1.95. The van der Waals surface area contributed by atoms with Gasteiger partial charge in [-0.05, 0) is 48.5 Å². The van der Waals surface area contributed by atoms with Gasteiger partial charge in [0, 0.05) is 0 Å². The Balaban J connectivity index is 4.27. The van der Waals surface area contributed by atoms with Gasteiger partial charge in [-0.15, -0.1) is 0 Å². The van der Waals surface area contributed by atoms with Crippen LogP contribution in [-0.2, 0) is 19.0 Å². The summed E-state index contributed by atoms with van der Waals surface area (Å²) in [5, 5.41) is 0. The smallest absolute Gasteiger partial charge is 0.311 e. The standard InChI is InChI=1S/C13H26O4/c1-9(2)15-12(16-10(3)4)8-11(14)17-13(5,6)7/h9-10,12H,8H2,1-7H3. The van der Waals surface area contributed by atoms with Crippen LogP contribution in [0.4, 0.5) is 0 Å². The minimum absolute atomic E-state index is 0.0150. The molecule has 0 bridgehead atoms. The van der Waals surface area contributed by atoms with Crippen molar-refractivity contribution >= 4 is 5.97 Å². The van der Waals surface area contributed by atoms with E-state index in [-0.39, 0.29) is 24.6 Å². The summed E-state index contributed by atoms with van der Waals surface area (Å²) in [6.45, 7) is 13.2. The van der Waals surface area contributed by atoms with Gasteiger partial charge in [-0.25, -0.2) is 0 Å². The third-order valence-electron chi connectivity index (χ3n) is 1.60. The maximum atomic E-state index is 11.6. The normalized spacial score (nSPS) is 12.6. The van der Waals surface area contributed by atoms with Crippen LogP contribution in [0, 0.1) is 0 Å². The summed E-state index contributed by atoms with van der Waals surface area (Å²) < 4.78 is 16.3. The Morgan fingerprint density at radius 2 is 1.41 bits per heavy atom. The van der Waals surface area contributed by atoms with Crippen molar-refractivity contribution in [3.8, 4) is 0 Å². The summed E-state index contributed by atoms with van der Waals surface area (Å²) in [4.78, 5) is 11.6. The molecule has 0 N–H and O–H groups in total. The van der Waals surface area contributed by atoms with E-state index in [1.165, 1.54) is 0 Å². The van der Waals surface area contributed by atoms with Crippen LogP contribution in [0.3, 0.4) is 0 Å². The van der Waals surface area contributed by atoms with Crippen LogP contribution >= 0.6 is 0 Å². The molecule has 0 saturated heterocycles. The van der Waals surface area contributed by atoms with Crippen molar-refractivity contribution in [3.05, 3.63) is 0 Å². The first-order valence-electron chi connectivity index (χ1n) is 6.13. The molecule has 0 aliphatic heterocycles. The Morgan fingerprint density at radius 3 is 1.71 bits per heavy atom. The summed E-state index contributed by atoms with van der Waals surface area (Å²) >= 11 is 0. The summed E-state index contributed by atoms with van der Waals surface area (Å²) in [5.74, 6) is -0.302. The van der Waals surface area contributed by atoms with E-state index in [1.54, 1.807) is 0 Å².